The van der Waals surface area contributed by atoms with Crippen LogP contribution in [0.1, 0.15) is 6.42 Å². The van der Waals surface area contributed by atoms with E-state index < -0.39 is 34.0 Å². The molecule has 14 heavy (non-hydrogen) atoms. The van der Waals surface area contributed by atoms with Gasteiger partial charge in [0.05, 0.1) is 6.26 Å². The smallest absolute Gasteiger partial charge is 0.326 e. The summed E-state index contributed by atoms with van der Waals surface area (Å²) in [6.07, 6.45) is 0.843. The van der Waals surface area contributed by atoms with Crippen LogP contribution in [-0.2, 0) is 19.6 Å². The lowest BCUT2D eigenvalue weighted by atomic mass is 10.2. The van der Waals surface area contributed by atoms with Gasteiger partial charge >= 0.3 is 5.97 Å². The van der Waals surface area contributed by atoms with Crippen LogP contribution in [0, 0.1) is 0 Å². The van der Waals surface area contributed by atoms with Crippen LogP contribution in [0.15, 0.2) is 0 Å². The van der Waals surface area contributed by atoms with Gasteiger partial charge in [-0.2, -0.15) is 0 Å². The Labute approximate surface area is 80.5 Å². The van der Waals surface area contributed by atoms with Crippen molar-refractivity contribution in [1.82, 2.24) is 10.0 Å². The van der Waals surface area contributed by atoms with E-state index in [9.17, 15) is 18.0 Å². The van der Waals surface area contributed by atoms with Crippen molar-refractivity contribution in [2.45, 2.75) is 18.5 Å². The third kappa shape index (κ3) is 2.67. The molecule has 0 aliphatic carbocycles. The summed E-state index contributed by atoms with van der Waals surface area (Å²) >= 11 is 0. The fourth-order valence-corrected chi connectivity index (χ4v) is 1.92. The molecule has 1 rings (SSSR count). The Hall–Kier alpha value is -1.15. The van der Waals surface area contributed by atoms with Crippen LogP contribution in [0.3, 0.4) is 0 Å². The Morgan fingerprint density at radius 2 is 2.21 bits per heavy atom. The summed E-state index contributed by atoms with van der Waals surface area (Å²) in [7, 11) is -3.49. The zero-order valence-electron chi connectivity index (χ0n) is 7.35. The van der Waals surface area contributed by atoms with E-state index in [1.54, 1.807) is 0 Å². The average Bonchev–Trinajstić information content (AvgIpc) is 2.29. The summed E-state index contributed by atoms with van der Waals surface area (Å²) in [5.74, 6) is -1.78. The number of amides is 1. The number of carboxylic acid groups (broad SMARTS) is 1. The molecule has 3 N–H and O–H groups in total. The van der Waals surface area contributed by atoms with Crippen LogP contribution < -0.4 is 10.0 Å². The molecule has 0 aromatic carbocycles. The highest BCUT2D eigenvalue weighted by Crippen LogP contribution is 2.08. The molecule has 1 amide bonds. The predicted molar refractivity (Wildman–Crippen MR) is 46.0 cm³/mol. The topological polar surface area (TPSA) is 113 Å². The lowest BCUT2D eigenvalue weighted by Crippen LogP contribution is -2.39. The zero-order chi connectivity index (χ0) is 10.9. The van der Waals surface area contributed by atoms with Gasteiger partial charge in [0, 0.05) is 6.42 Å². The first-order valence-electron chi connectivity index (χ1n) is 3.80. The molecule has 0 saturated carbocycles. The van der Waals surface area contributed by atoms with Crippen molar-refractivity contribution in [3.8, 4) is 0 Å². The summed E-state index contributed by atoms with van der Waals surface area (Å²) in [6, 6.07) is -1.99. The fourth-order valence-electron chi connectivity index (χ4n) is 1.20. The molecule has 0 bridgehead atoms. The highest BCUT2D eigenvalue weighted by molar-refractivity contribution is 7.88. The van der Waals surface area contributed by atoms with Gasteiger partial charge in [0.15, 0.2) is 0 Å². The number of aliphatic carboxylic acids is 1. The van der Waals surface area contributed by atoms with Gasteiger partial charge in [-0.05, 0) is 0 Å². The van der Waals surface area contributed by atoms with Crippen LogP contribution in [-0.4, -0.2) is 43.7 Å². The number of nitrogens with one attached hydrogen (secondary N) is 2. The molecule has 1 fully saturated rings. The molecular weight excluding hydrogens is 212 g/mol. The molecule has 80 valence electrons. The van der Waals surface area contributed by atoms with Crippen molar-refractivity contribution in [2.75, 3.05) is 6.26 Å². The second kappa shape index (κ2) is 3.54. The number of sulfonamides is 1. The molecule has 0 spiro atoms. The van der Waals surface area contributed by atoms with Gasteiger partial charge in [0.2, 0.25) is 15.9 Å². The van der Waals surface area contributed by atoms with Gasteiger partial charge in [-0.3, -0.25) is 4.79 Å². The molecule has 7 nitrogen and oxygen atoms in total. The van der Waals surface area contributed by atoms with Crippen molar-refractivity contribution < 1.29 is 23.1 Å². The number of carbonyl (C=O) groups excluding carboxylic acids is 1. The van der Waals surface area contributed by atoms with E-state index in [0.29, 0.717) is 0 Å². The molecular formula is C6H10N2O5S. The first kappa shape index (κ1) is 10.9. The number of hydrogen-bond donors (Lipinski definition) is 3. The zero-order valence-corrected chi connectivity index (χ0v) is 8.17. The van der Waals surface area contributed by atoms with Gasteiger partial charge < -0.3 is 10.4 Å². The van der Waals surface area contributed by atoms with Crippen LogP contribution in [0.2, 0.25) is 0 Å². The highest BCUT2D eigenvalue weighted by Gasteiger charge is 2.37. The monoisotopic (exact) mass is 222 g/mol. The molecule has 0 aromatic heterocycles. The molecule has 2 atom stereocenters. The second-order valence-electron chi connectivity index (χ2n) is 3.08. The maximum atomic E-state index is 11.1. The molecule has 1 saturated heterocycles. The largest absolute Gasteiger partial charge is 0.480 e. The molecule has 1 aliphatic rings. The van der Waals surface area contributed by atoms with E-state index in [1.165, 1.54) is 0 Å². The summed E-state index contributed by atoms with van der Waals surface area (Å²) in [5, 5.41) is 10.7. The first-order valence-corrected chi connectivity index (χ1v) is 5.69. The van der Waals surface area contributed by atoms with Crippen LogP contribution in [0.25, 0.3) is 0 Å². The van der Waals surface area contributed by atoms with E-state index in [0.717, 1.165) is 6.26 Å². The SMILES string of the molecule is CS(=O)(=O)N[C@@H]1C[C@H](C(=O)O)NC1=O. The molecule has 0 unspecified atom stereocenters. The third-order valence-electron chi connectivity index (χ3n) is 1.76. The summed E-state index contributed by atoms with van der Waals surface area (Å²) in [4.78, 5) is 21.5. The lowest BCUT2D eigenvalue weighted by Gasteiger charge is -2.06. The van der Waals surface area contributed by atoms with E-state index in [4.69, 9.17) is 5.11 Å². The Morgan fingerprint density at radius 1 is 1.64 bits per heavy atom. The summed E-state index contributed by atoms with van der Waals surface area (Å²) in [6.45, 7) is 0. The minimum Gasteiger partial charge on any atom is -0.480 e. The maximum Gasteiger partial charge on any atom is 0.326 e. The van der Waals surface area contributed by atoms with Crippen LogP contribution >= 0.6 is 0 Å². The van der Waals surface area contributed by atoms with E-state index in [2.05, 4.69) is 5.32 Å². The summed E-state index contributed by atoms with van der Waals surface area (Å²) in [5.41, 5.74) is 0. The Bertz CT molecular complexity index is 362. The van der Waals surface area contributed by atoms with Gasteiger partial charge in [-0.15, -0.1) is 0 Å². The van der Waals surface area contributed by atoms with Crippen molar-refractivity contribution >= 4 is 21.9 Å². The Morgan fingerprint density at radius 3 is 2.57 bits per heavy atom. The van der Waals surface area contributed by atoms with E-state index in [-0.39, 0.29) is 6.42 Å². The van der Waals surface area contributed by atoms with Crippen molar-refractivity contribution in [1.29, 1.82) is 0 Å². The molecule has 1 aliphatic heterocycles. The predicted octanol–water partition coefficient (Wildman–Crippen LogP) is -2.12. The minimum atomic E-state index is -3.49. The molecule has 8 heteroatoms. The highest BCUT2D eigenvalue weighted by atomic mass is 32.2. The van der Waals surface area contributed by atoms with Gasteiger partial charge in [-0.1, -0.05) is 0 Å². The molecule has 1 heterocycles. The molecule has 0 radical (unpaired) electrons. The quantitative estimate of drug-likeness (QED) is 0.505. The van der Waals surface area contributed by atoms with Gasteiger partial charge in [0.25, 0.3) is 0 Å². The number of rotatable bonds is 3. The fraction of sp³-hybridized carbons (Fsp3) is 0.667. The second-order valence-corrected chi connectivity index (χ2v) is 4.86. The third-order valence-corrected chi connectivity index (χ3v) is 2.47. The van der Waals surface area contributed by atoms with Crippen LogP contribution in [0.4, 0.5) is 0 Å². The van der Waals surface area contributed by atoms with Crippen molar-refractivity contribution in [2.24, 2.45) is 0 Å². The Kier molecular flexibility index (Phi) is 2.76. The molecule has 0 aromatic rings. The lowest BCUT2D eigenvalue weighted by molar-refractivity contribution is -0.140. The summed E-state index contributed by atoms with van der Waals surface area (Å²) < 4.78 is 23.6. The van der Waals surface area contributed by atoms with Crippen molar-refractivity contribution in [3.63, 3.8) is 0 Å². The number of carbonyl (C=O) groups is 2. The maximum absolute atomic E-state index is 11.1. The van der Waals surface area contributed by atoms with E-state index in [1.807, 2.05) is 4.72 Å². The number of hydrogen-bond acceptors (Lipinski definition) is 4. The minimum absolute atomic E-state index is 0.0682. The average molecular weight is 222 g/mol. The first-order chi connectivity index (χ1) is 6.29. The van der Waals surface area contributed by atoms with Crippen LogP contribution in [0.5, 0.6) is 0 Å². The Balaban J connectivity index is 2.67. The van der Waals surface area contributed by atoms with Gasteiger partial charge in [0.1, 0.15) is 12.1 Å². The van der Waals surface area contributed by atoms with E-state index >= 15 is 0 Å². The normalized spacial score (nSPS) is 27.4. The standard InChI is InChI=1S/C6H10N2O5S/c1-14(12,13)8-3-2-4(6(10)11)7-5(3)9/h3-4,8H,2H2,1H3,(H,7,9)(H,10,11)/t3-,4-/m1/s1. The van der Waals surface area contributed by atoms with Gasteiger partial charge in [-0.25, -0.2) is 17.9 Å². The number of carboxylic acids is 1. The van der Waals surface area contributed by atoms with Crippen molar-refractivity contribution in [3.05, 3.63) is 0 Å².